The first-order chi connectivity index (χ1) is 31.7. The molecule has 0 aromatic heterocycles. The van der Waals surface area contributed by atoms with Crippen molar-refractivity contribution in [3.05, 3.63) is 36.5 Å². The Morgan fingerprint density at radius 1 is 0.600 bits per heavy atom. The molecule has 8 atom stereocenters. The van der Waals surface area contributed by atoms with E-state index in [9.17, 15) is 35.1 Å². The van der Waals surface area contributed by atoms with Crippen LogP contribution in [0.5, 0.6) is 0 Å². The lowest BCUT2D eigenvalue weighted by Gasteiger charge is -2.41. The minimum absolute atomic E-state index is 0.125. The van der Waals surface area contributed by atoms with Gasteiger partial charge in [0.05, 0.1) is 25.4 Å². The van der Waals surface area contributed by atoms with Gasteiger partial charge in [0.1, 0.15) is 24.4 Å². The van der Waals surface area contributed by atoms with Crippen LogP contribution in [0.2, 0.25) is 0 Å². The first kappa shape index (κ1) is 60.9. The highest BCUT2D eigenvalue weighted by Crippen LogP contribution is 2.26. The van der Waals surface area contributed by atoms with Crippen LogP contribution >= 0.6 is 0 Å². The number of aliphatic hydroxyl groups is 5. The summed E-state index contributed by atoms with van der Waals surface area (Å²) in [5, 5.41) is 56.6. The van der Waals surface area contributed by atoms with Gasteiger partial charge in [-0.3, -0.25) is 9.59 Å². The average molecular weight is 922 g/mol. The Morgan fingerprint density at radius 2 is 1.05 bits per heavy atom. The number of allylic oxidation sites excluding steroid dienone is 5. The fourth-order valence-corrected chi connectivity index (χ4v) is 8.23. The van der Waals surface area contributed by atoms with Gasteiger partial charge in [-0.25, -0.2) is 0 Å². The number of esters is 1. The Kier molecular flexibility index (Phi) is 40.5. The molecule has 1 heterocycles. The van der Waals surface area contributed by atoms with Crippen LogP contribution in [0.15, 0.2) is 36.5 Å². The molecule has 1 aliphatic heterocycles. The van der Waals surface area contributed by atoms with Crippen LogP contribution in [0.3, 0.4) is 0 Å². The molecule has 0 saturated carbocycles. The Balaban J connectivity index is 2.78. The fourth-order valence-electron chi connectivity index (χ4n) is 8.23. The molecule has 1 amide bonds. The molecule has 0 spiro atoms. The molecule has 1 saturated heterocycles. The normalized spacial score (nSPS) is 20.5. The van der Waals surface area contributed by atoms with Crippen molar-refractivity contribution in [2.75, 3.05) is 13.2 Å². The topological polar surface area (TPSA) is 175 Å². The summed E-state index contributed by atoms with van der Waals surface area (Å²) in [5.41, 5.74) is 0. The summed E-state index contributed by atoms with van der Waals surface area (Å²) in [6.07, 6.45) is 37.7. The molecule has 0 aromatic rings. The van der Waals surface area contributed by atoms with Crippen molar-refractivity contribution in [1.82, 2.24) is 5.32 Å². The maximum Gasteiger partial charge on any atom is 0.306 e. The average Bonchev–Trinajstić information content (AvgIpc) is 3.30. The monoisotopic (exact) mass is 922 g/mol. The van der Waals surface area contributed by atoms with E-state index in [4.69, 9.17) is 14.2 Å². The lowest BCUT2D eigenvalue weighted by molar-refractivity contribution is -0.305. The number of carbonyl (C=O) groups excluding carboxylic acids is 2. The second-order valence-corrected chi connectivity index (χ2v) is 18.6. The van der Waals surface area contributed by atoms with Gasteiger partial charge in [-0.1, -0.05) is 211 Å². The van der Waals surface area contributed by atoms with Gasteiger partial charge in [-0.2, -0.15) is 0 Å². The Bertz CT molecular complexity index is 1200. The highest BCUT2D eigenvalue weighted by molar-refractivity contribution is 5.80. The van der Waals surface area contributed by atoms with Gasteiger partial charge in [0.15, 0.2) is 12.4 Å². The summed E-state index contributed by atoms with van der Waals surface area (Å²) < 4.78 is 17.5. The largest absolute Gasteiger partial charge is 0.454 e. The van der Waals surface area contributed by atoms with Crippen LogP contribution in [0.25, 0.3) is 0 Å². The van der Waals surface area contributed by atoms with Crippen molar-refractivity contribution in [2.24, 2.45) is 0 Å². The number of amides is 1. The first-order valence-corrected chi connectivity index (χ1v) is 26.8. The van der Waals surface area contributed by atoms with E-state index in [2.05, 4.69) is 50.4 Å². The molecular weight excluding hydrogens is 823 g/mol. The van der Waals surface area contributed by atoms with Crippen LogP contribution in [0.1, 0.15) is 233 Å². The Hall–Kier alpha value is -2.12. The van der Waals surface area contributed by atoms with Crippen molar-refractivity contribution < 1.29 is 49.3 Å². The van der Waals surface area contributed by atoms with Crippen LogP contribution in [-0.4, -0.2) is 99.6 Å². The van der Waals surface area contributed by atoms with E-state index in [1.54, 1.807) is 6.08 Å². The third kappa shape index (κ3) is 32.3. The van der Waals surface area contributed by atoms with Gasteiger partial charge < -0.3 is 45.1 Å². The van der Waals surface area contributed by atoms with Crippen molar-refractivity contribution in [2.45, 2.75) is 282 Å². The zero-order chi connectivity index (χ0) is 47.6. The highest BCUT2D eigenvalue weighted by atomic mass is 16.7. The molecule has 1 rings (SSSR count). The molecule has 8 unspecified atom stereocenters. The number of rotatable bonds is 44. The van der Waals surface area contributed by atoms with Gasteiger partial charge in [0, 0.05) is 6.42 Å². The van der Waals surface area contributed by atoms with E-state index in [1.807, 2.05) is 6.08 Å². The van der Waals surface area contributed by atoms with E-state index in [1.165, 1.54) is 109 Å². The molecule has 6 N–H and O–H groups in total. The fraction of sp³-hybridized carbons (Fsp3) is 0.852. The smallest absolute Gasteiger partial charge is 0.306 e. The van der Waals surface area contributed by atoms with E-state index < -0.39 is 67.4 Å². The molecule has 0 aliphatic carbocycles. The van der Waals surface area contributed by atoms with E-state index in [-0.39, 0.29) is 19.4 Å². The van der Waals surface area contributed by atoms with Gasteiger partial charge in [-0.05, 0) is 51.4 Å². The van der Waals surface area contributed by atoms with Gasteiger partial charge in [0.25, 0.3) is 0 Å². The summed E-state index contributed by atoms with van der Waals surface area (Å²) in [5.74, 6) is -1.21. The van der Waals surface area contributed by atoms with Crippen molar-refractivity contribution in [1.29, 1.82) is 0 Å². The van der Waals surface area contributed by atoms with Crippen molar-refractivity contribution in [3.63, 3.8) is 0 Å². The molecule has 11 nitrogen and oxygen atoms in total. The number of hydrogen-bond donors (Lipinski definition) is 6. The third-order valence-electron chi connectivity index (χ3n) is 12.6. The number of carbonyl (C=O) groups is 2. The maximum absolute atomic E-state index is 13.3. The first-order valence-electron chi connectivity index (χ1n) is 26.8. The zero-order valence-corrected chi connectivity index (χ0v) is 41.6. The molecule has 0 aromatic carbocycles. The summed E-state index contributed by atoms with van der Waals surface area (Å²) >= 11 is 0. The Labute approximate surface area is 396 Å². The van der Waals surface area contributed by atoms with Gasteiger partial charge in [-0.15, -0.1) is 0 Å². The van der Waals surface area contributed by atoms with Crippen LogP contribution < -0.4 is 5.32 Å². The molecule has 0 radical (unpaired) electrons. The summed E-state index contributed by atoms with van der Waals surface area (Å²) in [6, 6.07) is -1.02. The minimum Gasteiger partial charge on any atom is -0.454 e. The molecule has 1 aliphatic rings. The molecule has 380 valence electrons. The second kappa shape index (κ2) is 43.2. The lowest BCUT2D eigenvalue weighted by Crippen LogP contribution is -2.61. The van der Waals surface area contributed by atoms with E-state index in [0.29, 0.717) is 12.8 Å². The van der Waals surface area contributed by atoms with Crippen molar-refractivity contribution in [3.8, 4) is 0 Å². The van der Waals surface area contributed by atoms with E-state index in [0.717, 1.165) is 77.0 Å². The predicted molar refractivity (Wildman–Crippen MR) is 264 cm³/mol. The zero-order valence-electron chi connectivity index (χ0n) is 41.6. The SMILES string of the molecule is CCCCC/C=C/C=C/CCCCCCCC(O)C(=O)NC(COC1OC(CO)C(O)C(O)C1OC(=O)CCCCCCCCCCCCC)C(O)/C=C/CCCCCCCCCCC. The number of nitrogens with one attached hydrogen (secondary N) is 1. The summed E-state index contributed by atoms with van der Waals surface area (Å²) in [6.45, 7) is 5.71. The quantitative estimate of drug-likeness (QED) is 0.0149. The Morgan fingerprint density at radius 3 is 1.57 bits per heavy atom. The van der Waals surface area contributed by atoms with Crippen LogP contribution in [0.4, 0.5) is 0 Å². The molecular formula is C54H99NO10. The lowest BCUT2D eigenvalue weighted by atomic mass is 9.99. The number of hydrogen-bond acceptors (Lipinski definition) is 10. The third-order valence-corrected chi connectivity index (χ3v) is 12.6. The molecule has 0 bridgehead atoms. The molecule has 11 heteroatoms. The number of unbranched alkanes of at least 4 members (excludes halogenated alkanes) is 27. The standard InChI is InChI=1S/C54H99NO10/c1-4-7-10-13-16-19-22-23-24-27-29-32-35-38-41-47(58)53(62)55-45(46(57)40-37-34-31-28-25-20-17-14-11-8-5-2)44-63-54-52(51(61)50(60)48(43-56)64-54)65-49(59)42-39-36-33-30-26-21-18-15-12-9-6-3/h16,19,22-23,37,40,45-48,50-52,54,56-58,60-61H,4-15,17-18,20-21,24-36,38-39,41-44H2,1-3H3,(H,55,62)/b19-16+,23-22+,40-37+. The minimum atomic E-state index is -1.61. The van der Waals surface area contributed by atoms with Crippen LogP contribution in [-0.2, 0) is 23.8 Å². The second-order valence-electron chi connectivity index (χ2n) is 18.6. The maximum atomic E-state index is 13.3. The summed E-state index contributed by atoms with van der Waals surface area (Å²) in [7, 11) is 0. The molecule has 1 fully saturated rings. The predicted octanol–water partition coefficient (Wildman–Crippen LogP) is 11.2. The number of aliphatic hydroxyl groups excluding tert-OH is 5. The van der Waals surface area contributed by atoms with Crippen molar-refractivity contribution >= 4 is 11.9 Å². The highest BCUT2D eigenvalue weighted by Gasteiger charge is 2.47. The molecule has 65 heavy (non-hydrogen) atoms. The van der Waals surface area contributed by atoms with Gasteiger partial charge in [0.2, 0.25) is 5.91 Å². The van der Waals surface area contributed by atoms with Crippen LogP contribution in [0, 0.1) is 0 Å². The number of ether oxygens (including phenoxy) is 3. The van der Waals surface area contributed by atoms with E-state index >= 15 is 0 Å². The summed E-state index contributed by atoms with van der Waals surface area (Å²) in [4.78, 5) is 26.3. The van der Waals surface area contributed by atoms with Gasteiger partial charge >= 0.3 is 5.97 Å².